The van der Waals surface area contributed by atoms with E-state index in [1.807, 2.05) is 24.3 Å². The number of anilines is 1. The fourth-order valence-electron chi connectivity index (χ4n) is 1.71. The van der Waals surface area contributed by atoms with Gasteiger partial charge in [0.25, 0.3) is 0 Å². The van der Waals surface area contributed by atoms with Crippen LogP contribution in [0.25, 0.3) is 0 Å². The van der Waals surface area contributed by atoms with E-state index in [0.29, 0.717) is 12.0 Å². The van der Waals surface area contributed by atoms with E-state index in [1.54, 1.807) is 0 Å². The highest BCUT2D eigenvalue weighted by atomic mass is 127. The molecule has 2 rings (SSSR count). The lowest BCUT2D eigenvalue weighted by molar-refractivity contribution is -0.114. The Balaban J connectivity index is 0.00000200. The van der Waals surface area contributed by atoms with Crippen molar-refractivity contribution in [2.75, 3.05) is 11.9 Å². The Labute approximate surface area is 136 Å². The Kier molecular flexibility index (Phi) is 6.77. The largest absolute Gasteiger partial charge is 0.370 e. The van der Waals surface area contributed by atoms with Crippen LogP contribution in [0.1, 0.15) is 25.3 Å². The zero-order chi connectivity index (χ0) is 13.7. The number of nitrogens with two attached hydrogens (primary N) is 1. The summed E-state index contributed by atoms with van der Waals surface area (Å²) in [5.41, 5.74) is 7.65. The number of aryl methyl sites for hydroxylation is 1. The number of hydrogen-bond acceptors (Lipinski definition) is 2. The lowest BCUT2D eigenvalue weighted by Gasteiger charge is -2.06. The number of guanidine groups is 1. The summed E-state index contributed by atoms with van der Waals surface area (Å²) >= 11 is 0. The summed E-state index contributed by atoms with van der Waals surface area (Å²) in [5.74, 6) is 0.189. The topological polar surface area (TPSA) is 79.5 Å². The average Bonchev–Trinajstić information content (AvgIpc) is 3.20. The Morgan fingerprint density at radius 1 is 1.45 bits per heavy atom. The number of hydrogen-bond donors (Lipinski definition) is 3. The Bertz CT molecular complexity index is 486. The molecular weight excluding hydrogens is 367 g/mol. The van der Waals surface area contributed by atoms with Crippen LogP contribution in [0.3, 0.4) is 0 Å². The van der Waals surface area contributed by atoms with Crippen LogP contribution in [0.4, 0.5) is 5.69 Å². The van der Waals surface area contributed by atoms with Gasteiger partial charge in [-0.05, 0) is 37.0 Å². The van der Waals surface area contributed by atoms with Gasteiger partial charge in [-0.15, -0.1) is 24.0 Å². The molecule has 20 heavy (non-hydrogen) atoms. The van der Waals surface area contributed by atoms with Crippen LogP contribution < -0.4 is 16.4 Å². The van der Waals surface area contributed by atoms with Gasteiger partial charge in [0.15, 0.2) is 5.96 Å². The van der Waals surface area contributed by atoms with Crippen LogP contribution in [-0.2, 0) is 11.2 Å². The van der Waals surface area contributed by atoms with E-state index < -0.39 is 0 Å². The lowest BCUT2D eigenvalue weighted by Crippen LogP contribution is -2.34. The summed E-state index contributed by atoms with van der Waals surface area (Å²) in [6.07, 6.45) is 3.21. The number of carbonyl (C=O) groups is 1. The molecule has 6 heteroatoms. The minimum atomic E-state index is -0.159. The van der Waals surface area contributed by atoms with Crippen LogP contribution in [0.5, 0.6) is 0 Å². The molecule has 110 valence electrons. The highest BCUT2D eigenvalue weighted by Crippen LogP contribution is 2.17. The van der Waals surface area contributed by atoms with Crippen molar-refractivity contribution >= 4 is 41.5 Å². The molecule has 0 radical (unpaired) electrons. The number of aliphatic imine (C=N–C) groups is 1. The monoisotopic (exact) mass is 388 g/mol. The fourth-order valence-corrected chi connectivity index (χ4v) is 1.71. The molecule has 1 aliphatic rings. The van der Waals surface area contributed by atoms with Crippen molar-refractivity contribution in [2.45, 2.75) is 32.2 Å². The van der Waals surface area contributed by atoms with Crippen molar-refractivity contribution in [1.82, 2.24) is 5.32 Å². The third-order valence-corrected chi connectivity index (χ3v) is 2.94. The second-order valence-corrected chi connectivity index (χ2v) is 4.72. The van der Waals surface area contributed by atoms with Crippen molar-refractivity contribution < 1.29 is 4.79 Å². The number of rotatable bonds is 5. The molecule has 0 heterocycles. The predicted octanol–water partition coefficient (Wildman–Crippen LogP) is 1.87. The first kappa shape index (κ1) is 16.7. The van der Waals surface area contributed by atoms with Gasteiger partial charge in [0.05, 0.1) is 0 Å². The maximum absolute atomic E-state index is 11.7. The molecule has 5 nitrogen and oxygen atoms in total. The van der Waals surface area contributed by atoms with Gasteiger partial charge in [0.2, 0.25) is 5.91 Å². The molecule has 4 N–H and O–H groups in total. The van der Waals surface area contributed by atoms with Crippen LogP contribution >= 0.6 is 24.0 Å². The SMILES string of the molecule is CCc1cccc(NC(=O)CN=C(N)NC2CC2)c1.I. The van der Waals surface area contributed by atoms with Crippen LogP contribution in [0.2, 0.25) is 0 Å². The third-order valence-electron chi connectivity index (χ3n) is 2.94. The summed E-state index contributed by atoms with van der Waals surface area (Å²) in [6, 6.07) is 8.25. The van der Waals surface area contributed by atoms with Crippen molar-refractivity contribution in [2.24, 2.45) is 10.7 Å². The number of halogens is 1. The second kappa shape index (κ2) is 8.08. The molecule has 0 aliphatic heterocycles. The molecule has 1 aliphatic carbocycles. The third kappa shape index (κ3) is 5.77. The minimum Gasteiger partial charge on any atom is -0.370 e. The maximum Gasteiger partial charge on any atom is 0.246 e. The summed E-state index contributed by atoms with van der Waals surface area (Å²) in [6.45, 7) is 2.12. The van der Waals surface area contributed by atoms with E-state index in [-0.39, 0.29) is 36.4 Å². The highest BCUT2D eigenvalue weighted by molar-refractivity contribution is 14.0. The highest BCUT2D eigenvalue weighted by Gasteiger charge is 2.21. The van der Waals surface area contributed by atoms with Crippen molar-refractivity contribution in [3.05, 3.63) is 29.8 Å². The smallest absolute Gasteiger partial charge is 0.246 e. The molecule has 1 aromatic carbocycles. The zero-order valence-electron chi connectivity index (χ0n) is 11.6. The molecule has 0 spiro atoms. The molecule has 1 fully saturated rings. The second-order valence-electron chi connectivity index (χ2n) is 4.72. The molecule has 0 saturated heterocycles. The number of nitrogens with zero attached hydrogens (tertiary/aromatic N) is 1. The van der Waals surface area contributed by atoms with E-state index in [9.17, 15) is 4.79 Å². The fraction of sp³-hybridized carbons (Fsp3) is 0.429. The van der Waals surface area contributed by atoms with Crippen molar-refractivity contribution in [1.29, 1.82) is 0 Å². The maximum atomic E-state index is 11.7. The summed E-state index contributed by atoms with van der Waals surface area (Å²) in [4.78, 5) is 15.7. The zero-order valence-corrected chi connectivity index (χ0v) is 13.9. The summed E-state index contributed by atoms with van der Waals surface area (Å²) in [5, 5.41) is 5.85. The number of carbonyl (C=O) groups excluding carboxylic acids is 1. The quantitative estimate of drug-likeness (QED) is 0.409. The van der Waals surface area contributed by atoms with Gasteiger partial charge < -0.3 is 16.4 Å². The van der Waals surface area contributed by atoms with Crippen molar-refractivity contribution in [3.8, 4) is 0 Å². The Hall–Kier alpha value is -1.31. The van der Waals surface area contributed by atoms with E-state index in [0.717, 1.165) is 24.9 Å². The summed E-state index contributed by atoms with van der Waals surface area (Å²) < 4.78 is 0. The minimum absolute atomic E-state index is 0. The van der Waals surface area contributed by atoms with Crippen LogP contribution in [0.15, 0.2) is 29.3 Å². The molecule has 1 aromatic rings. The van der Waals surface area contributed by atoms with E-state index in [4.69, 9.17) is 5.73 Å². The first-order chi connectivity index (χ1) is 9.17. The van der Waals surface area contributed by atoms with Gasteiger partial charge in [-0.2, -0.15) is 0 Å². The first-order valence-corrected chi connectivity index (χ1v) is 6.62. The Morgan fingerprint density at radius 2 is 2.20 bits per heavy atom. The first-order valence-electron chi connectivity index (χ1n) is 6.62. The van der Waals surface area contributed by atoms with Crippen LogP contribution in [0, 0.1) is 0 Å². The summed E-state index contributed by atoms with van der Waals surface area (Å²) in [7, 11) is 0. The standard InChI is InChI=1S/C14H20N4O.HI/c1-2-10-4-3-5-12(8-10)17-13(19)9-16-14(15)18-11-6-7-11;/h3-5,8,11H,2,6-7,9H2,1H3,(H,17,19)(H3,15,16,18);1H. The van der Waals surface area contributed by atoms with E-state index in [2.05, 4.69) is 22.5 Å². The molecule has 0 aromatic heterocycles. The lowest BCUT2D eigenvalue weighted by atomic mass is 10.1. The molecule has 1 amide bonds. The van der Waals surface area contributed by atoms with Gasteiger partial charge in [-0.25, -0.2) is 4.99 Å². The molecular formula is C14H21IN4O. The number of amides is 1. The van der Waals surface area contributed by atoms with E-state index in [1.165, 1.54) is 5.56 Å². The molecule has 0 atom stereocenters. The molecule has 0 unspecified atom stereocenters. The van der Waals surface area contributed by atoms with Gasteiger partial charge in [0, 0.05) is 11.7 Å². The Morgan fingerprint density at radius 3 is 2.85 bits per heavy atom. The van der Waals surface area contributed by atoms with Gasteiger partial charge in [-0.3, -0.25) is 4.79 Å². The average molecular weight is 388 g/mol. The van der Waals surface area contributed by atoms with E-state index >= 15 is 0 Å². The van der Waals surface area contributed by atoms with Crippen LogP contribution in [-0.4, -0.2) is 24.5 Å². The predicted molar refractivity (Wildman–Crippen MR) is 92.5 cm³/mol. The van der Waals surface area contributed by atoms with Gasteiger partial charge in [0.1, 0.15) is 6.54 Å². The van der Waals surface area contributed by atoms with Crippen molar-refractivity contribution in [3.63, 3.8) is 0 Å². The molecule has 0 bridgehead atoms. The van der Waals surface area contributed by atoms with Gasteiger partial charge in [-0.1, -0.05) is 19.1 Å². The normalized spacial score (nSPS) is 14.3. The molecule has 1 saturated carbocycles. The number of nitrogens with one attached hydrogen (secondary N) is 2. The van der Waals surface area contributed by atoms with Gasteiger partial charge >= 0.3 is 0 Å². The number of benzene rings is 1.